The molecule has 0 radical (unpaired) electrons. The van der Waals surface area contributed by atoms with E-state index in [0.717, 1.165) is 0 Å². The van der Waals surface area contributed by atoms with E-state index in [4.69, 9.17) is 9.68 Å². The van der Waals surface area contributed by atoms with Gasteiger partial charge < -0.3 is 0 Å². The molecule has 0 unspecified atom stereocenters. The molecule has 0 aliphatic carbocycles. The summed E-state index contributed by atoms with van der Waals surface area (Å²) < 4.78 is 0. The van der Waals surface area contributed by atoms with Crippen molar-refractivity contribution in [3.05, 3.63) is 35.9 Å². The zero-order chi connectivity index (χ0) is 10.2. The minimum absolute atomic E-state index is 0.618. The van der Waals surface area contributed by atoms with Crippen LogP contribution in [0.25, 0.3) is 0 Å². The lowest BCUT2D eigenvalue weighted by Crippen LogP contribution is -2.23. The van der Waals surface area contributed by atoms with Crippen molar-refractivity contribution >= 4 is 0 Å². The first-order valence-corrected chi connectivity index (χ1v) is 4.94. The summed E-state index contributed by atoms with van der Waals surface area (Å²) in [7, 11) is 0. The first kappa shape index (κ1) is 11.2. The Kier molecular flexibility index (Phi) is 5.22. The molecule has 1 aromatic carbocycles. The van der Waals surface area contributed by atoms with Crippen LogP contribution in [0.3, 0.4) is 0 Å². The van der Waals surface area contributed by atoms with Gasteiger partial charge in [-0.15, -0.1) is 0 Å². The average Bonchev–Trinajstić information content (AvgIpc) is 2.20. The quantitative estimate of drug-likeness (QED) is 0.650. The van der Waals surface area contributed by atoms with Crippen LogP contribution in [0.15, 0.2) is 30.3 Å². The van der Waals surface area contributed by atoms with Crippen molar-refractivity contribution in [2.45, 2.75) is 20.4 Å². The number of hydrogen-bond donors (Lipinski definition) is 0. The van der Waals surface area contributed by atoms with Gasteiger partial charge in [0.05, 0.1) is 19.8 Å². The maximum absolute atomic E-state index is 5.30. The van der Waals surface area contributed by atoms with Gasteiger partial charge >= 0.3 is 0 Å². The van der Waals surface area contributed by atoms with Crippen molar-refractivity contribution in [3.8, 4) is 0 Å². The molecular weight excluding hydrogens is 178 g/mol. The lowest BCUT2D eigenvalue weighted by Gasteiger charge is -2.19. The third kappa shape index (κ3) is 3.87. The minimum Gasteiger partial charge on any atom is -0.274 e. The monoisotopic (exact) mass is 195 g/mol. The van der Waals surface area contributed by atoms with E-state index >= 15 is 0 Å². The summed E-state index contributed by atoms with van der Waals surface area (Å²) in [5.74, 6) is 0. The van der Waals surface area contributed by atoms with Gasteiger partial charge in [0.15, 0.2) is 0 Å². The van der Waals surface area contributed by atoms with Crippen LogP contribution < -0.4 is 0 Å². The molecule has 0 heterocycles. The van der Waals surface area contributed by atoms with Crippen LogP contribution in [-0.4, -0.2) is 18.4 Å². The van der Waals surface area contributed by atoms with E-state index in [1.807, 2.05) is 44.2 Å². The van der Waals surface area contributed by atoms with E-state index in [0.29, 0.717) is 19.8 Å². The normalized spacial score (nSPS) is 10.8. The third-order valence-corrected chi connectivity index (χ3v) is 1.70. The first-order valence-electron chi connectivity index (χ1n) is 4.94. The van der Waals surface area contributed by atoms with Crippen LogP contribution in [0, 0.1) is 0 Å². The van der Waals surface area contributed by atoms with Gasteiger partial charge in [0.2, 0.25) is 0 Å². The molecule has 14 heavy (non-hydrogen) atoms. The van der Waals surface area contributed by atoms with Crippen molar-refractivity contribution in [2.75, 3.05) is 13.2 Å². The molecule has 1 rings (SSSR count). The molecule has 1 aromatic rings. The lowest BCUT2D eigenvalue weighted by atomic mass is 10.2. The summed E-state index contributed by atoms with van der Waals surface area (Å²) in [5, 5.41) is 1.52. The predicted octanol–water partition coefficient (Wildman–Crippen LogP) is 2.39. The molecule has 0 spiro atoms. The van der Waals surface area contributed by atoms with Gasteiger partial charge in [-0.3, -0.25) is 9.68 Å². The Morgan fingerprint density at radius 3 is 2.07 bits per heavy atom. The molecule has 0 fully saturated rings. The van der Waals surface area contributed by atoms with Crippen molar-refractivity contribution in [2.24, 2.45) is 0 Å². The van der Waals surface area contributed by atoms with E-state index in [9.17, 15) is 0 Å². The molecule has 0 aromatic heterocycles. The highest BCUT2D eigenvalue weighted by Gasteiger charge is 2.04. The Hall–Kier alpha value is -0.900. The number of nitrogens with zero attached hydrogens (tertiary/aromatic N) is 1. The highest BCUT2D eigenvalue weighted by atomic mass is 16.9. The summed E-state index contributed by atoms with van der Waals surface area (Å²) in [4.78, 5) is 10.6. The number of hydrogen-bond acceptors (Lipinski definition) is 3. The van der Waals surface area contributed by atoms with Crippen LogP contribution in [0.4, 0.5) is 0 Å². The smallest absolute Gasteiger partial charge is 0.0767 e. The molecule has 0 aliphatic rings. The summed E-state index contributed by atoms with van der Waals surface area (Å²) in [6.07, 6.45) is 0. The summed E-state index contributed by atoms with van der Waals surface area (Å²) in [6.45, 7) is 5.77. The van der Waals surface area contributed by atoms with Gasteiger partial charge in [-0.05, 0) is 19.4 Å². The molecule has 3 nitrogen and oxygen atoms in total. The Bertz CT molecular complexity index is 232. The zero-order valence-corrected chi connectivity index (χ0v) is 8.77. The number of hydroxylamine groups is 2. The van der Waals surface area contributed by atoms with Gasteiger partial charge in [-0.1, -0.05) is 35.6 Å². The van der Waals surface area contributed by atoms with E-state index in [1.165, 1.54) is 10.8 Å². The van der Waals surface area contributed by atoms with Gasteiger partial charge in [0.25, 0.3) is 0 Å². The zero-order valence-electron chi connectivity index (χ0n) is 8.77. The molecule has 0 atom stereocenters. The Balaban J connectivity index is 2.46. The molecule has 3 heteroatoms. The van der Waals surface area contributed by atoms with Crippen LogP contribution in [0.1, 0.15) is 19.4 Å². The molecule has 0 bridgehead atoms. The second kappa shape index (κ2) is 6.54. The molecule has 0 amide bonds. The predicted molar refractivity (Wildman–Crippen MR) is 55.2 cm³/mol. The minimum atomic E-state index is 0.618. The maximum Gasteiger partial charge on any atom is 0.0767 e. The third-order valence-electron chi connectivity index (χ3n) is 1.70. The van der Waals surface area contributed by atoms with E-state index in [1.54, 1.807) is 0 Å². The lowest BCUT2D eigenvalue weighted by molar-refractivity contribution is -0.371. The van der Waals surface area contributed by atoms with E-state index in [-0.39, 0.29) is 0 Å². The fourth-order valence-corrected chi connectivity index (χ4v) is 1.15. The van der Waals surface area contributed by atoms with Gasteiger partial charge in [0.1, 0.15) is 0 Å². The molecule has 0 saturated carbocycles. The molecule has 0 N–H and O–H groups in total. The fraction of sp³-hybridized carbons (Fsp3) is 0.455. The van der Waals surface area contributed by atoms with Gasteiger partial charge in [-0.2, -0.15) is 0 Å². The van der Waals surface area contributed by atoms with Crippen molar-refractivity contribution in [1.82, 2.24) is 5.23 Å². The molecular formula is C11H17NO2. The second-order valence-electron chi connectivity index (χ2n) is 2.81. The van der Waals surface area contributed by atoms with Crippen LogP contribution in [0.2, 0.25) is 0 Å². The van der Waals surface area contributed by atoms with Crippen LogP contribution in [0.5, 0.6) is 0 Å². The number of benzene rings is 1. The average molecular weight is 195 g/mol. The molecule has 78 valence electrons. The summed E-state index contributed by atoms with van der Waals surface area (Å²) in [6, 6.07) is 10.1. The second-order valence-corrected chi connectivity index (χ2v) is 2.81. The largest absolute Gasteiger partial charge is 0.274 e. The van der Waals surface area contributed by atoms with Gasteiger partial charge in [0, 0.05) is 0 Å². The van der Waals surface area contributed by atoms with Crippen molar-refractivity contribution < 1.29 is 9.68 Å². The topological polar surface area (TPSA) is 21.7 Å². The fourth-order valence-electron chi connectivity index (χ4n) is 1.15. The Morgan fingerprint density at radius 1 is 1.00 bits per heavy atom. The van der Waals surface area contributed by atoms with Crippen molar-refractivity contribution in [3.63, 3.8) is 0 Å². The van der Waals surface area contributed by atoms with Crippen molar-refractivity contribution in [1.29, 1.82) is 0 Å². The molecule has 0 aliphatic heterocycles. The number of rotatable bonds is 6. The van der Waals surface area contributed by atoms with E-state index < -0.39 is 0 Å². The SMILES string of the molecule is CCON(Cc1ccccc1)OCC. The Morgan fingerprint density at radius 2 is 1.57 bits per heavy atom. The summed E-state index contributed by atoms with van der Waals surface area (Å²) in [5.41, 5.74) is 1.18. The Labute approximate surface area is 85.2 Å². The van der Waals surface area contributed by atoms with Gasteiger partial charge in [-0.25, -0.2) is 0 Å². The standard InChI is InChI=1S/C11H17NO2/c1-3-13-12(14-4-2)10-11-8-6-5-7-9-11/h5-9H,3-4,10H2,1-2H3. The highest BCUT2D eigenvalue weighted by molar-refractivity contribution is 5.13. The maximum atomic E-state index is 5.30. The van der Waals surface area contributed by atoms with Crippen LogP contribution >= 0.6 is 0 Å². The summed E-state index contributed by atoms with van der Waals surface area (Å²) >= 11 is 0. The molecule has 0 saturated heterocycles. The highest BCUT2D eigenvalue weighted by Crippen LogP contribution is 2.05. The van der Waals surface area contributed by atoms with E-state index in [2.05, 4.69) is 0 Å². The first-order chi connectivity index (χ1) is 6.86. The van der Waals surface area contributed by atoms with Crippen LogP contribution in [-0.2, 0) is 16.2 Å².